The summed E-state index contributed by atoms with van der Waals surface area (Å²) in [6.45, 7) is 5.12. The fraction of sp³-hybridized carbons (Fsp3) is 1.00. The summed E-state index contributed by atoms with van der Waals surface area (Å²) in [6.07, 6.45) is 2.67. The quantitative estimate of drug-likeness (QED) is 0.620. The molecule has 1 N–H and O–H groups in total. The summed E-state index contributed by atoms with van der Waals surface area (Å²) >= 11 is 0. The highest BCUT2D eigenvalue weighted by Gasteiger charge is 2.56. The maximum atomic E-state index is 9.28. The van der Waals surface area contributed by atoms with Gasteiger partial charge < -0.3 is 5.11 Å². The first kappa shape index (κ1) is 8.97. The Morgan fingerprint density at radius 2 is 2.08 bits per heavy atom. The molecule has 70 valence electrons. The van der Waals surface area contributed by atoms with E-state index in [0.29, 0.717) is 23.6 Å². The molecule has 3 fully saturated rings. The van der Waals surface area contributed by atoms with Crippen LogP contribution in [-0.4, -0.2) is 17.4 Å². The van der Waals surface area contributed by atoms with Gasteiger partial charge in [0, 0.05) is 6.61 Å². The van der Waals surface area contributed by atoms with Gasteiger partial charge in [-0.25, -0.2) is 0 Å². The van der Waals surface area contributed by atoms with Crippen LogP contribution in [0.2, 0.25) is 0 Å². The van der Waals surface area contributed by atoms with Gasteiger partial charge in [0.1, 0.15) is 0 Å². The lowest BCUT2D eigenvalue weighted by molar-refractivity contribution is -0.112. The first-order chi connectivity index (χ1) is 5.57. The van der Waals surface area contributed by atoms with Crippen molar-refractivity contribution in [2.75, 3.05) is 6.61 Å². The van der Waals surface area contributed by atoms with E-state index in [1.54, 1.807) is 0 Å². The van der Waals surface area contributed by atoms with Crippen molar-refractivity contribution in [2.45, 2.75) is 32.3 Å². The van der Waals surface area contributed by atoms with Gasteiger partial charge in [-0.2, -0.15) is 0 Å². The number of hydrogen-bond acceptors (Lipinski definition) is 1. The monoisotopic (exact) mass is 186 g/mol. The van der Waals surface area contributed by atoms with Crippen molar-refractivity contribution in [2.24, 2.45) is 23.2 Å². The van der Waals surface area contributed by atoms with Crippen LogP contribution in [-0.2, 0) is 0 Å². The SMILES string of the molecule is CC1(C)[C@H]2C[C@H](P)[C@H](CO)[C@@H]1C2. The Morgan fingerprint density at radius 1 is 1.42 bits per heavy atom. The maximum absolute atomic E-state index is 9.28. The van der Waals surface area contributed by atoms with Gasteiger partial charge in [-0.3, -0.25) is 0 Å². The number of fused-ring (bicyclic) bond motifs is 2. The Balaban J connectivity index is 2.15. The van der Waals surface area contributed by atoms with E-state index in [9.17, 15) is 5.11 Å². The van der Waals surface area contributed by atoms with E-state index >= 15 is 0 Å². The average molecular weight is 186 g/mol. The first-order valence-corrected chi connectivity index (χ1v) is 5.60. The summed E-state index contributed by atoms with van der Waals surface area (Å²) in [6, 6.07) is 0. The summed E-state index contributed by atoms with van der Waals surface area (Å²) in [5.74, 6) is 2.26. The molecule has 3 aliphatic rings. The van der Waals surface area contributed by atoms with E-state index in [2.05, 4.69) is 23.1 Å². The molecular weight excluding hydrogens is 167 g/mol. The van der Waals surface area contributed by atoms with E-state index in [-0.39, 0.29) is 0 Å². The fourth-order valence-corrected chi connectivity index (χ4v) is 3.97. The zero-order valence-electron chi connectivity index (χ0n) is 7.96. The summed E-state index contributed by atoms with van der Waals surface area (Å²) < 4.78 is 0. The zero-order valence-corrected chi connectivity index (χ0v) is 9.11. The Kier molecular flexibility index (Phi) is 2.01. The van der Waals surface area contributed by atoms with E-state index in [1.165, 1.54) is 12.8 Å². The molecule has 0 aliphatic heterocycles. The van der Waals surface area contributed by atoms with Crippen LogP contribution in [0.3, 0.4) is 0 Å². The molecule has 0 aromatic rings. The van der Waals surface area contributed by atoms with Gasteiger partial charge >= 0.3 is 0 Å². The minimum absolute atomic E-state index is 0.384. The van der Waals surface area contributed by atoms with Gasteiger partial charge in [-0.15, -0.1) is 9.24 Å². The molecule has 1 nitrogen and oxygen atoms in total. The second-order valence-electron chi connectivity index (χ2n) is 5.11. The number of aliphatic hydroxyl groups excluding tert-OH is 1. The van der Waals surface area contributed by atoms with E-state index in [4.69, 9.17) is 0 Å². The van der Waals surface area contributed by atoms with Crippen molar-refractivity contribution in [3.8, 4) is 0 Å². The maximum Gasteiger partial charge on any atom is 0.0467 e. The largest absolute Gasteiger partial charge is 0.396 e. The molecule has 0 heterocycles. The van der Waals surface area contributed by atoms with Gasteiger partial charge in [-0.05, 0) is 41.7 Å². The highest BCUT2D eigenvalue weighted by Crippen LogP contribution is 2.62. The van der Waals surface area contributed by atoms with Crippen LogP contribution < -0.4 is 0 Å². The Bertz CT molecular complexity index is 190. The second kappa shape index (κ2) is 2.69. The molecule has 0 spiro atoms. The van der Waals surface area contributed by atoms with Crippen LogP contribution in [0.5, 0.6) is 0 Å². The molecule has 3 rings (SSSR count). The Labute approximate surface area is 77.1 Å². The standard InChI is InChI=1S/C10H19OP/c1-10(2)6-3-8(10)7(5-11)9(12)4-6/h6-9,11H,3-5,12H2,1-2H3/t6-,7-,8+,9+/m1/s1. The molecule has 0 aromatic heterocycles. The van der Waals surface area contributed by atoms with Crippen LogP contribution in [0.4, 0.5) is 0 Å². The molecule has 2 bridgehead atoms. The summed E-state index contributed by atoms with van der Waals surface area (Å²) in [5.41, 5.74) is 1.19. The van der Waals surface area contributed by atoms with Crippen LogP contribution in [0.15, 0.2) is 0 Å². The minimum atomic E-state index is 0.384. The number of rotatable bonds is 1. The van der Waals surface area contributed by atoms with Crippen LogP contribution in [0, 0.1) is 23.2 Å². The number of aliphatic hydroxyl groups is 1. The van der Waals surface area contributed by atoms with Crippen LogP contribution in [0.1, 0.15) is 26.7 Å². The summed E-state index contributed by atoms with van der Waals surface area (Å²) in [7, 11) is 2.91. The number of hydrogen-bond donors (Lipinski definition) is 1. The van der Waals surface area contributed by atoms with Gasteiger partial charge in [0.25, 0.3) is 0 Å². The topological polar surface area (TPSA) is 20.2 Å². The van der Waals surface area contributed by atoms with Crippen LogP contribution >= 0.6 is 9.24 Å². The normalized spacial score (nSPS) is 50.0. The van der Waals surface area contributed by atoms with E-state index in [1.807, 2.05) is 0 Å². The van der Waals surface area contributed by atoms with Gasteiger partial charge in [0.05, 0.1) is 0 Å². The molecule has 3 saturated carbocycles. The highest BCUT2D eigenvalue weighted by atomic mass is 31.0. The van der Waals surface area contributed by atoms with Crippen molar-refractivity contribution in [1.82, 2.24) is 0 Å². The fourth-order valence-electron chi connectivity index (χ4n) is 3.25. The van der Waals surface area contributed by atoms with Crippen molar-refractivity contribution in [1.29, 1.82) is 0 Å². The Hall–Kier alpha value is 0.390. The molecule has 1 unspecified atom stereocenters. The predicted octanol–water partition coefficient (Wildman–Crippen LogP) is 1.90. The van der Waals surface area contributed by atoms with Crippen molar-refractivity contribution in [3.05, 3.63) is 0 Å². The van der Waals surface area contributed by atoms with Gasteiger partial charge in [-0.1, -0.05) is 13.8 Å². The molecule has 0 saturated heterocycles. The predicted molar refractivity (Wildman–Crippen MR) is 54.1 cm³/mol. The van der Waals surface area contributed by atoms with E-state index in [0.717, 1.165) is 11.8 Å². The third-order valence-electron chi connectivity index (χ3n) is 4.38. The van der Waals surface area contributed by atoms with Gasteiger partial charge in [0.15, 0.2) is 0 Å². The van der Waals surface area contributed by atoms with Crippen molar-refractivity contribution in [3.63, 3.8) is 0 Å². The third-order valence-corrected chi connectivity index (χ3v) is 5.15. The first-order valence-electron chi connectivity index (χ1n) is 4.93. The molecule has 5 atom stereocenters. The third kappa shape index (κ3) is 0.992. The lowest BCUT2D eigenvalue weighted by atomic mass is 9.45. The lowest BCUT2D eigenvalue weighted by Gasteiger charge is -2.62. The second-order valence-corrected chi connectivity index (χ2v) is 5.96. The van der Waals surface area contributed by atoms with Crippen LogP contribution in [0.25, 0.3) is 0 Å². The van der Waals surface area contributed by atoms with Gasteiger partial charge in [0.2, 0.25) is 0 Å². The molecule has 0 radical (unpaired) electrons. The molecule has 3 aliphatic carbocycles. The summed E-state index contributed by atoms with van der Waals surface area (Å²) in [5, 5.41) is 9.28. The molecular formula is C10H19OP. The molecule has 0 aromatic carbocycles. The zero-order chi connectivity index (χ0) is 8.93. The molecule has 2 heteroatoms. The van der Waals surface area contributed by atoms with Crippen molar-refractivity contribution >= 4 is 9.24 Å². The smallest absolute Gasteiger partial charge is 0.0467 e. The molecule has 12 heavy (non-hydrogen) atoms. The lowest BCUT2D eigenvalue weighted by Crippen LogP contribution is -2.57. The Morgan fingerprint density at radius 3 is 2.50 bits per heavy atom. The minimum Gasteiger partial charge on any atom is -0.396 e. The van der Waals surface area contributed by atoms with E-state index < -0.39 is 0 Å². The van der Waals surface area contributed by atoms with Crippen molar-refractivity contribution < 1.29 is 5.11 Å². The molecule has 0 amide bonds. The average Bonchev–Trinajstić information content (AvgIpc) is 2.03. The highest BCUT2D eigenvalue weighted by molar-refractivity contribution is 7.17. The summed E-state index contributed by atoms with van der Waals surface area (Å²) in [4.78, 5) is 0.